The summed E-state index contributed by atoms with van der Waals surface area (Å²) in [7, 11) is 0. The second-order valence-corrected chi connectivity index (χ2v) is 10.6. The monoisotopic (exact) mass is 539 g/mol. The molecule has 1 heterocycles. The number of amides is 3. The molecular weight excluding hydrogens is 509 g/mol. The fourth-order valence-corrected chi connectivity index (χ4v) is 4.92. The molecule has 1 atom stereocenters. The number of carbonyl (C=O) groups excluding carboxylic acids is 3. The van der Waals surface area contributed by atoms with Crippen molar-refractivity contribution in [3.05, 3.63) is 75.8 Å². The topological polar surface area (TPSA) is 69.7 Å². The first-order valence-electron chi connectivity index (χ1n) is 12.5. The second-order valence-electron chi connectivity index (χ2n) is 9.83. The Bertz CT molecular complexity index is 1340. The van der Waals surface area contributed by atoms with Gasteiger partial charge in [0.05, 0.1) is 15.7 Å². The lowest BCUT2D eigenvalue weighted by Crippen LogP contribution is -2.48. The van der Waals surface area contributed by atoms with Crippen LogP contribution in [0.1, 0.15) is 49.5 Å². The van der Waals surface area contributed by atoms with Gasteiger partial charge >= 0.3 is 0 Å². The van der Waals surface area contributed by atoms with E-state index in [1.807, 2.05) is 50.2 Å². The molecule has 3 aromatic rings. The van der Waals surface area contributed by atoms with Crippen molar-refractivity contribution in [3.63, 3.8) is 0 Å². The number of hydrogen-bond acceptors (Lipinski definition) is 3. The molecule has 1 N–H and O–H groups in total. The molecule has 0 unspecified atom stereocenters. The molecule has 0 bridgehead atoms. The van der Waals surface area contributed by atoms with Crippen molar-refractivity contribution < 1.29 is 14.4 Å². The number of anilines is 1. The molecule has 1 aliphatic rings. The summed E-state index contributed by atoms with van der Waals surface area (Å²) in [6, 6.07) is 16.1. The minimum atomic E-state index is -0.674. The van der Waals surface area contributed by atoms with E-state index in [1.165, 1.54) is 0 Å². The van der Waals surface area contributed by atoms with E-state index >= 15 is 0 Å². The predicted molar refractivity (Wildman–Crippen MR) is 149 cm³/mol. The number of nitrogens with zero attached hydrogens (tertiary/aromatic N) is 2. The standard InChI is InChI=1S/C29H31Cl2N3O3/c1-18(2)16-32-28(36)19(3)34(17-20-12-13-23(30)24(31)15-20)26(35)11-6-14-33-25-10-5-8-21-7-4-9-22(27(21)25)29(33)37/h4-5,7-10,12-13,15,18-19H,6,11,14,16-17H2,1-3H3,(H,32,36)/t19-/m1/s1. The van der Waals surface area contributed by atoms with Gasteiger partial charge in [0.1, 0.15) is 6.04 Å². The van der Waals surface area contributed by atoms with Crippen LogP contribution < -0.4 is 10.2 Å². The summed E-state index contributed by atoms with van der Waals surface area (Å²) in [5, 5.41) is 5.72. The van der Waals surface area contributed by atoms with Gasteiger partial charge in [0.2, 0.25) is 11.8 Å². The number of halogens is 2. The van der Waals surface area contributed by atoms with Crippen LogP contribution in [0.15, 0.2) is 54.6 Å². The highest BCUT2D eigenvalue weighted by atomic mass is 35.5. The minimum Gasteiger partial charge on any atom is -0.354 e. The van der Waals surface area contributed by atoms with E-state index < -0.39 is 6.04 Å². The van der Waals surface area contributed by atoms with Crippen molar-refractivity contribution in [3.8, 4) is 0 Å². The van der Waals surface area contributed by atoms with E-state index in [1.54, 1.807) is 34.9 Å². The van der Waals surface area contributed by atoms with Gasteiger partial charge in [-0.05, 0) is 54.5 Å². The first-order valence-corrected chi connectivity index (χ1v) is 13.3. The zero-order valence-electron chi connectivity index (χ0n) is 21.3. The molecule has 0 spiro atoms. The van der Waals surface area contributed by atoms with E-state index in [4.69, 9.17) is 23.2 Å². The molecule has 37 heavy (non-hydrogen) atoms. The van der Waals surface area contributed by atoms with Crippen molar-refractivity contribution in [1.82, 2.24) is 10.2 Å². The largest absolute Gasteiger partial charge is 0.354 e. The van der Waals surface area contributed by atoms with Crippen LogP contribution in [0, 0.1) is 5.92 Å². The molecule has 0 saturated heterocycles. The average Bonchev–Trinajstić information content (AvgIpc) is 3.15. The van der Waals surface area contributed by atoms with E-state index in [-0.39, 0.29) is 30.7 Å². The van der Waals surface area contributed by atoms with Gasteiger partial charge in [-0.25, -0.2) is 0 Å². The predicted octanol–water partition coefficient (Wildman–Crippen LogP) is 6.08. The first-order chi connectivity index (χ1) is 17.7. The summed E-state index contributed by atoms with van der Waals surface area (Å²) in [5.41, 5.74) is 2.35. The Morgan fingerprint density at radius 2 is 1.73 bits per heavy atom. The van der Waals surface area contributed by atoms with Crippen LogP contribution in [0.5, 0.6) is 0 Å². The summed E-state index contributed by atoms with van der Waals surface area (Å²) in [5.74, 6) is -0.130. The number of carbonyl (C=O) groups is 3. The van der Waals surface area contributed by atoms with Gasteiger partial charge in [0.25, 0.3) is 5.91 Å². The van der Waals surface area contributed by atoms with Crippen molar-refractivity contribution in [1.29, 1.82) is 0 Å². The van der Waals surface area contributed by atoms with Gasteiger partial charge in [0.15, 0.2) is 0 Å². The molecule has 0 radical (unpaired) electrons. The third-order valence-electron chi connectivity index (χ3n) is 6.61. The van der Waals surface area contributed by atoms with E-state index in [2.05, 4.69) is 5.32 Å². The van der Waals surface area contributed by atoms with E-state index in [0.717, 1.165) is 22.0 Å². The molecule has 194 valence electrons. The molecular formula is C29H31Cl2N3O3. The summed E-state index contributed by atoms with van der Waals surface area (Å²) in [4.78, 5) is 42.7. The molecule has 3 amide bonds. The lowest BCUT2D eigenvalue weighted by Gasteiger charge is -2.29. The van der Waals surface area contributed by atoms with Crippen molar-refractivity contribution in [2.75, 3.05) is 18.0 Å². The SMILES string of the molecule is CC(C)CNC(=O)[C@@H](C)N(Cc1ccc(Cl)c(Cl)c1)C(=O)CCCN1C(=O)c2cccc3cccc1c23. The van der Waals surface area contributed by atoms with Crippen LogP contribution in [0.4, 0.5) is 5.69 Å². The lowest BCUT2D eigenvalue weighted by molar-refractivity contribution is -0.140. The maximum atomic E-state index is 13.4. The maximum absolute atomic E-state index is 13.4. The molecule has 4 rings (SSSR count). The number of rotatable bonds is 10. The Balaban J connectivity index is 1.46. The summed E-state index contributed by atoms with van der Waals surface area (Å²) in [6.07, 6.45) is 0.659. The van der Waals surface area contributed by atoms with Crippen LogP contribution >= 0.6 is 23.2 Å². The van der Waals surface area contributed by atoms with Gasteiger partial charge in [-0.3, -0.25) is 14.4 Å². The average molecular weight is 540 g/mol. The van der Waals surface area contributed by atoms with Gasteiger partial charge in [-0.15, -0.1) is 0 Å². The van der Waals surface area contributed by atoms with E-state index in [9.17, 15) is 14.4 Å². The highest BCUT2D eigenvalue weighted by molar-refractivity contribution is 6.42. The molecule has 1 aliphatic heterocycles. The van der Waals surface area contributed by atoms with Crippen LogP contribution in [0.2, 0.25) is 10.0 Å². The van der Waals surface area contributed by atoms with Crippen LogP contribution in [0.3, 0.4) is 0 Å². The fourth-order valence-electron chi connectivity index (χ4n) is 4.60. The molecule has 0 fully saturated rings. The van der Waals surface area contributed by atoms with Crippen LogP contribution in [-0.4, -0.2) is 41.8 Å². The number of nitrogens with one attached hydrogen (secondary N) is 1. The van der Waals surface area contributed by atoms with Crippen molar-refractivity contribution >= 4 is 57.4 Å². The summed E-state index contributed by atoms with van der Waals surface area (Å²) >= 11 is 12.3. The van der Waals surface area contributed by atoms with Crippen molar-refractivity contribution in [2.24, 2.45) is 5.92 Å². The Labute approximate surface area is 227 Å². The molecule has 0 saturated carbocycles. The zero-order chi connectivity index (χ0) is 26.7. The van der Waals surface area contributed by atoms with Gasteiger partial charge in [0, 0.05) is 37.0 Å². The fraction of sp³-hybridized carbons (Fsp3) is 0.345. The first kappa shape index (κ1) is 27.0. The Morgan fingerprint density at radius 3 is 2.43 bits per heavy atom. The Morgan fingerprint density at radius 1 is 1.00 bits per heavy atom. The normalized spacial score (nSPS) is 13.4. The lowest BCUT2D eigenvalue weighted by atomic mass is 10.1. The van der Waals surface area contributed by atoms with Crippen LogP contribution in [0.25, 0.3) is 10.8 Å². The number of hydrogen-bond donors (Lipinski definition) is 1. The smallest absolute Gasteiger partial charge is 0.258 e. The van der Waals surface area contributed by atoms with E-state index in [0.29, 0.717) is 41.0 Å². The molecule has 3 aromatic carbocycles. The quantitative estimate of drug-likeness (QED) is 0.339. The highest BCUT2D eigenvalue weighted by Gasteiger charge is 2.30. The molecule has 6 nitrogen and oxygen atoms in total. The molecule has 8 heteroatoms. The van der Waals surface area contributed by atoms with Gasteiger partial charge in [-0.2, -0.15) is 0 Å². The highest BCUT2D eigenvalue weighted by Crippen LogP contribution is 2.37. The van der Waals surface area contributed by atoms with Gasteiger partial charge < -0.3 is 15.1 Å². The Hall–Kier alpha value is -3.09. The maximum Gasteiger partial charge on any atom is 0.258 e. The van der Waals surface area contributed by atoms with Crippen molar-refractivity contribution in [2.45, 2.75) is 46.2 Å². The molecule has 0 aromatic heterocycles. The third kappa shape index (κ3) is 5.91. The minimum absolute atomic E-state index is 0.0478. The Kier molecular flexibility index (Phi) is 8.40. The second kappa shape index (κ2) is 11.5. The van der Waals surface area contributed by atoms with Gasteiger partial charge in [-0.1, -0.05) is 67.4 Å². The summed E-state index contributed by atoms with van der Waals surface area (Å²) in [6.45, 7) is 6.92. The number of benzene rings is 3. The zero-order valence-corrected chi connectivity index (χ0v) is 22.8. The molecule has 0 aliphatic carbocycles. The van der Waals surface area contributed by atoms with Crippen LogP contribution in [-0.2, 0) is 16.1 Å². The third-order valence-corrected chi connectivity index (χ3v) is 7.35. The summed E-state index contributed by atoms with van der Waals surface area (Å²) < 4.78 is 0.